The Balaban J connectivity index is 1.74. The summed E-state index contributed by atoms with van der Waals surface area (Å²) in [7, 11) is 0. The van der Waals surface area contributed by atoms with Crippen LogP contribution in [0.5, 0.6) is 0 Å². The molecule has 1 atom stereocenters. The molecule has 3 aromatic rings. The molecule has 0 spiro atoms. The van der Waals surface area contributed by atoms with E-state index < -0.39 is 11.7 Å². The van der Waals surface area contributed by atoms with Gasteiger partial charge >= 0.3 is 6.18 Å². The molecule has 3 heterocycles. The smallest absolute Gasteiger partial charge is 0.316 e. The van der Waals surface area contributed by atoms with E-state index in [1.165, 1.54) is 23.7 Å². The standard InChI is InChI=1S/C20H18Cl2F3N5S/c1-11-3-2-4-30(11)9-15-18(12-5-13(20(23,24)25)7-14(21)6-12)29-19(31-15)28-17-8-16(22)26-10-27-17/h5-8,10-11H,2-4,9H2,1H3,(H,26,27,28,29)/t11-/m1/s1. The van der Waals surface area contributed by atoms with Gasteiger partial charge in [0.2, 0.25) is 0 Å². The Morgan fingerprint density at radius 3 is 2.68 bits per heavy atom. The molecule has 0 aliphatic carbocycles. The highest BCUT2D eigenvalue weighted by molar-refractivity contribution is 7.16. The lowest BCUT2D eigenvalue weighted by Crippen LogP contribution is -2.25. The number of nitrogens with zero attached hydrogens (tertiary/aromatic N) is 4. The van der Waals surface area contributed by atoms with E-state index in [0.717, 1.165) is 36.4 Å². The van der Waals surface area contributed by atoms with Crippen LogP contribution in [-0.4, -0.2) is 32.4 Å². The Bertz CT molecular complexity index is 1090. The molecule has 1 aliphatic heterocycles. The number of thiazole rings is 1. The van der Waals surface area contributed by atoms with E-state index in [9.17, 15) is 13.2 Å². The van der Waals surface area contributed by atoms with E-state index in [4.69, 9.17) is 23.2 Å². The number of rotatable bonds is 5. The summed E-state index contributed by atoms with van der Waals surface area (Å²) >= 11 is 13.3. The van der Waals surface area contributed by atoms with Crippen molar-refractivity contribution in [3.63, 3.8) is 0 Å². The van der Waals surface area contributed by atoms with E-state index in [1.807, 2.05) is 0 Å². The van der Waals surface area contributed by atoms with Crippen LogP contribution < -0.4 is 5.32 Å². The zero-order valence-electron chi connectivity index (χ0n) is 16.4. The van der Waals surface area contributed by atoms with E-state index in [1.54, 1.807) is 6.07 Å². The van der Waals surface area contributed by atoms with Crippen LogP contribution in [0.1, 0.15) is 30.2 Å². The number of hydrogen-bond acceptors (Lipinski definition) is 6. The van der Waals surface area contributed by atoms with Gasteiger partial charge < -0.3 is 5.32 Å². The van der Waals surface area contributed by atoms with Gasteiger partial charge in [-0.25, -0.2) is 15.0 Å². The summed E-state index contributed by atoms with van der Waals surface area (Å²) < 4.78 is 40.0. The van der Waals surface area contributed by atoms with Gasteiger partial charge in [-0.15, -0.1) is 0 Å². The number of anilines is 2. The average Bonchev–Trinajstić information content (AvgIpc) is 3.27. The summed E-state index contributed by atoms with van der Waals surface area (Å²) in [6, 6.07) is 5.46. The third-order valence-electron chi connectivity index (χ3n) is 5.10. The molecule has 0 bridgehead atoms. The largest absolute Gasteiger partial charge is 0.416 e. The summed E-state index contributed by atoms with van der Waals surface area (Å²) in [6.45, 7) is 3.68. The summed E-state index contributed by atoms with van der Waals surface area (Å²) in [5.41, 5.74) is -0.00738. The summed E-state index contributed by atoms with van der Waals surface area (Å²) in [6.07, 6.45) is -1.00. The van der Waals surface area contributed by atoms with Crippen LogP contribution in [-0.2, 0) is 12.7 Å². The van der Waals surface area contributed by atoms with Crippen molar-refractivity contribution in [3.05, 3.63) is 51.2 Å². The van der Waals surface area contributed by atoms with Crippen molar-refractivity contribution in [2.24, 2.45) is 0 Å². The fraction of sp³-hybridized carbons (Fsp3) is 0.350. The van der Waals surface area contributed by atoms with E-state index in [0.29, 0.717) is 34.8 Å². The number of alkyl halides is 3. The lowest BCUT2D eigenvalue weighted by Gasteiger charge is -2.20. The van der Waals surface area contributed by atoms with Gasteiger partial charge in [-0.2, -0.15) is 13.2 Å². The Morgan fingerprint density at radius 1 is 1.19 bits per heavy atom. The first-order chi connectivity index (χ1) is 14.7. The predicted octanol–water partition coefficient (Wildman–Crippen LogP) is 6.65. The van der Waals surface area contributed by atoms with E-state index in [2.05, 4.69) is 32.1 Å². The highest BCUT2D eigenvalue weighted by atomic mass is 35.5. The zero-order chi connectivity index (χ0) is 22.2. The Kier molecular flexibility index (Phi) is 6.39. The number of halogens is 5. The molecule has 2 aromatic heterocycles. The number of likely N-dealkylation sites (tertiary alicyclic amines) is 1. The molecule has 1 N–H and O–H groups in total. The minimum absolute atomic E-state index is 0.00964. The molecule has 1 aliphatic rings. The van der Waals surface area contributed by atoms with Crippen molar-refractivity contribution < 1.29 is 13.2 Å². The number of hydrogen-bond donors (Lipinski definition) is 1. The number of benzene rings is 1. The molecule has 0 saturated carbocycles. The second-order valence-corrected chi connectivity index (χ2v) is 9.24. The Morgan fingerprint density at radius 2 is 2.00 bits per heavy atom. The van der Waals surface area contributed by atoms with Crippen molar-refractivity contribution >= 4 is 45.5 Å². The first-order valence-electron chi connectivity index (χ1n) is 9.55. The quantitative estimate of drug-likeness (QED) is 0.408. The highest BCUT2D eigenvalue weighted by Crippen LogP contribution is 2.39. The molecule has 5 nitrogen and oxygen atoms in total. The van der Waals surface area contributed by atoms with Crippen molar-refractivity contribution in [2.75, 3.05) is 11.9 Å². The normalized spacial score (nSPS) is 17.3. The monoisotopic (exact) mass is 487 g/mol. The summed E-state index contributed by atoms with van der Waals surface area (Å²) in [5, 5.41) is 3.85. The van der Waals surface area contributed by atoms with Crippen molar-refractivity contribution in [2.45, 2.75) is 38.5 Å². The van der Waals surface area contributed by atoms with Crippen LogP contribution in [0.2, 0.25) is 10.2 Å². The summed E-state index contributed by atoms with van der Waals surface area (Å²) in [4.78, 5) is 15.7. The second-order valence-electron chi connectivity index (χ2n) is 7.33. The van der Waals surface area contributed by atoms with Gasteiger partial charge in [-0.05, 0) is 44.5 Å². The molecule has 1 saturated heterocycles. The van der Waals surface area contributed by atoms with Crippen molar-refractivity contribution in [3.8, 4) is 11.3 Å². The lowest BCUT2D eigenvalue weighted by molar-refractivity contribution is -0.137. The fourth-order valence-electron chi connectivity index (χ4n) is 3.55. The number of nitrogens with one attached hydrogen (secondary N) is 1. The molecule has 0 amide bonds. The molecule has 0 unspecified atom stereocenters. The molecule has 1 aromatic carbocycles. The maximum atomic E-state index is 13.3. The maximum Gasteiger partial charge on any atom is 0.416 e. The van der Waals surface area contributed by atoms with Gasteiger partial charge in [-0.3, -0.25) is 4.90 Å². The SMILES string of the molecule is C[C@@H]1CCCN1Cc1sc(Nc2cc(Cl)ncn2)nc1-c1cc(Cl)cc(C(F)(F)F)c1. The Labute approximate surface area is 191 Å². The van der Waals surface area contributed by atoms with E-state index in [-0.39, 0.29) is 10.2 Å². The van der Waals surface area contributed by atoms with Gasteiger partial charge in [0.25, 0.3) is 0 Å². The van der Waals surface area contributed by atoms with Gasteiger partial charge in [0, 0.05) is 34.1 Å². The van der Waals surface area contributed by atoms with Crippen LogP contribution in [0, 0.1) is 0 Å². The molecule has 31 heavy (non-hydrogen) atoms. The van der Waals surface area contributed by atoms with Crippen LogP contribution >= 0.6 is 34.5 Å². The summed E-state index contributed by atoms with van der Waals surface area (Å²) in [5.74, 6) is 0.448. The third-order valence-corrected chi connectivity index (χ3v) is 6.48. The van der Waals surface area contributed by atoms with Crippen LogP contribution in [0.15, 0.2) is 30.6 Å². The lowest BCUT2D eigenvalue weighted by atomic mass is 10.1. The zero-order valence-corrected chi connectivity index (χ0v) is 18.7. The van der Waals surface area contributed by atoms with Crippen molar-refractivity contribution in [1.29, 1.82) is 0 Å². The minimum atomic E-state index is -4.50. The molecular formula is C20H18Cl2F3N5S. The predicted molar refractivity (Wildman–Crippen MR) is 117 cm³/mol. The number of aromatic nitrogens is 3. The first kappa shape index (κ1) is 22.3. The average molecular weight is 488 g/mol. The van der Waals surface area contributed by atoms with Crippen LogP contribution in [0.25, 0.3) is 11.3 Å². The maximum absolute atomic E-state index is 13.3. The van der Waals surface area contributed by atoms with Crippen molar-refractivity contribution in [1.82, 2.24) is 19.9 Å². The van der Waals surface area contributed by atoms with Gasteiger partial charge in [0.15, 0.2) is 5.13 Å². The van der Waals surface area contributed by atoms with Gasteiger partial charge in [-0.1, -0.05) is 34.5 Å². The molecule has 11 heteroatoms. The molecule has 1 fully saturated rings. The van der Waals surface area contributed by atoms with Crippen LogP contribution in [0.4, 0.5) is 24.1 Å². The topological polar surface area (TPSA) is 53.9 Å². The third kappa shape index (κ3) is 5.28. The minimum Gasteiger partial charge on any atom is -0.316 e. The van der Waals surface area contributed by atoms with E-state index >= 15 is 0 Å². The highest BCUT2D eigenvalue weighted by Gasteiger charge is 2.32. The molecule has 0 radical (unpaired) electrons. The first-order valence-corrected chi connectivity index (χ1v) is 11.1. The Hall–Kier alpha value is -1.94. The molecular weight excluding hydrogens is 470 g/mol. The second kappa shape index (κ2) is 8.90. The molecule has 4 rings (SSSR count). The van der Waals surface area contributed by atoms with Gasteiger partial charge in [0.1, 0.15) is 17.3 Å². The van der Waals surface area contributed by atoms with Crippen LogP contribution in [0.3, 0.4) is 0 Å². The van der Waals surface area contributed by atoms with Gasteiger partial charge in [0.05, 0.1) is 11.3 Å². The fourth-order valence-corrected chi connectivity index (χ4v) is 4.95. The molecule has 164 valence electrons.